The van der Waals surface area contributed by atoms with Crippen molar-refractivity contribution in [2.24, 2.45) is 5.41 Å². The monoisotopic (exact) mass is 268 g/mol. The molecule has 0 aliphatic heterocycles. The first-order chi connectivity index (χ1) is 8.68. The van der Waals surface area contributed by atoms with Gasteiger partial charge in [0.25, 0.3) is 0 Å². The van der Waals surface area contributed by atoms with Crippen LogP contribution in [0, 0.1) is 16.7 Å². The number of nitrogens with one attached hydrogen (secondary N) is 1. The molecule has 0 radical (unpaired) electrons. The highest BCUT2D eigenvalue weighted by molar-refractivity contribution is 5.04. The van der Waals surface area contributed by atoms with E-state index in [0.29, 0.717) is 11.5 Å². The molecular formula is C16H32N2O. The van der Waals surface area contributed by atoms with Crippen molar-refractivity contribution in [3.05, 3.63) is 0 Å². The first-order valence-corrected chi connectivity index (χ1v) is 7.45. The maximum atomic E-state index is 9.22. The van der Waals surface area contributed by atoms with Crippen molar-refractivity contribution in [3.63, 3.8) is 0 Å². The molecular weight excluding hydrogens is 236 g/mol. The van der Waals surface area contributed by atoms with Crippen molar-refractivity contribution in [2.45, 2.75) is 78.8 Å². The van der Waals surface area contributed by atoms with Crippen LogP contribution in [0.15, 0.2) is 0 Å². The highest BCUT2D eigenvalue weighted by atomic mass is 16.5. The van der Waals surface area contributed by atoms with Crippen molar-refractivity contribution in [1.29, 1.82) is 5.26 Å². The van der Waals surface area contributed by atoms with Gasteiger partial charge < -0.3 is 4.74 Å². The molecule has 0 aliphatic carbocycles. The molecule has 0 aromatic heterocycles. The Balaban J connectivity index is 3.66. The van der Waals surface area contributed by atoms with Crippen LogP contribution in [-0.4, -0.2) is 24.8 Å². The summed E-state index contributed by atoms with van der Waals surface area (Å²) in [6.45, 7) is 14.5. The van der Waals surface area contributed by atoms with Gasteiger partial charge in [0.15, 0.2) is 0 Å². The summed E-state index contributed by atoms with van der Waals surface area (Å²) in [5.74, 6) is 0. The van der Waals surface area contributed by atoms with Gasteiger partial charge in [-0.05, 0) is 51.9 Å². The molecule has 0 fully saturated rings. The molecule has 0 aromatic rings. The zero-order chi connectivity index (χ0) is 14.9. The Morgan fingerprint density at radius 3 is 2.16 bits per heavy atom. The minimum atomic E-state index is -0.403. The number of ether oxygens (including phenoxy) is 1. The lowest BCUT2D eigenvalue weighted by Gasteiger charge is -2.25. The highest BCUT2D eigenvalue weighted by Crippen LogP contribution is 2.18. The zero-order valence-electron chi connectivity index (χ0n) is 13.7. The molecule has 112 valence electrons. The van der Waals surface area contributed by atoms with Crippen molar-refractivity contribution in [2.75, 3.05) is 13.2 Å². The average Bonchev–Trinajstić information content (AvgIpc) is 2.25. The zero-order valence-corrected chi connectivity index (χ0v) is 13.7. The van der Waals surface area contributed by atoms with Crippen molar-refractivity contribution in [3.8, 4) is 6.07 Å². The van der Waals surface area contributed by atoms with E-state index in [1.807, 2.05) is 6.92 Å². The van der Waals surface area contributed by atoms with Crippen LogP contribution in [0.2, 0.25) is 0 Å². The van der Waals surface area contributed by atoms with Gasteiger partial charge in [0.05, 0.1) is 6.07 Å². The molecule has 1 unspecified atom stereocenters. The van der Waals surface area contributed by atoms with E-state index in [4.69, 9.17) is 4.74 Å². The van der Waals surface area contributed by atoms with E-state index in [0.717, 1.165) is 38.9 Å². The number of nitrogens with zero attached hydrogens (tertiary/aromatic N) is 1. The van der Waals surface area contributed by atoms with Gasteiger partial charge in [-0.3, -0.25) is 5.32 Å². The summed E-state index contributed by atoms with van der Waals surface area (Å²) in [5, 5.41) is 12.5. The second-order valence-corrected chi connectivity index (χ2v) is 7.12. The van der Waals surface area contributed by atoms with Gasteiger partial charge >= 0.3 is 0 Å². The molecule has 0 bridgehead atoms. The first kappa shape index (κ1) is 18.4. The number of hydrogen-bond acceptors (Lipinski definition) is 3. The highest BCUT2D eigenvalue weighted by Gasteiger charge is 2.23. The molecule has 0 spiro atoms. The van der Waals surface area contributed by atoms with E-state index in [1.165, 1.54) is 0 Å². The quantitative estimate of drug-likeness (QED) is 0.645. The van der Waals surface area contributed by atoms with Crippen LogP contribution < -0.4 is 5.32 Å². The Kier molecular flexibility index (Phi) is 8.29. The summed E-state index contributed by atoms with van der Waals surface area (Å²) in [6, 6.07) is 2.72. The lowest BCUT2D eigenvalue weighted by atomic mass is 9.93. The lowest BCUT2D eigenvalue weighted by molar-refractivity contribution is 0.104. The molecule has 0 saturated heterocycles. The van der Waals surface area contributed by atoms with Gasteiger partial charge in [0.1, 0.15) is 5.54 Å². The van der Waals surface area contributed by atoms with E-state index in [9.17, 15) is 5.26 Å². The normalized spacial score (nSPS) is 15.3. The number of rotatable bonds is 9. The Hall–Kier alpha value is -0.590. The largest absolute Gasteiger partial charge is 0.381 e. The molecule has 1 N–H and O–H groups in total. The van der Waals surface area contributed by atoms with Gasteiger partial charge in [-0.1, -0.05) is 20.8 Å². The van der Waals surface area contributed by atoms with E-state index >= 15 is 0 Å². The van der Waals surface area contributed by atoms with Crippen LogP contribution >= 0.6 is 0 Å². The third-order valence-corrected chi connectivity index (χ3v) is 3.07. The maximum absolute atomic E-state index is 9.22. The minimum Gasteiger partial charge on any atom is -0.381 e. The minimum absolute atomic E-state index is 0.340. The standard InChI is InChI=1S/C16H32N2O/c1-14(2)18-16(6,13-17)9-7-8-11-19-12-10-15(3,4)5/h14,18H,7-12H2,1-6H3. The van der Waals surface area contributed by atoms with Crippen LogP contribution in [0.4, 0.5) is 0 Å². The second kappa shape index (κ2) is 8.55. The molecule has 0 amide bonds. The molecule has 0 aliphatic rings. The lowest BCUT2D eigenvalue weighted by Crippen LogP contribution is -2.44. The molecule has 0 saturated carbocycles. The van der Waals surface area contributed by atoms with Crippen LogP contribution in [-0.2, 0) is 4.74 Å². The average molecular weight is 268 g/mol. The van der Waals surface area contributed by atoms with Crippen molar-refractivity contribution >= 4 is 0 Å². The van der Waals surface area contributed by atoms with E-state index < -0.39 is 5.54 Å². The Morgan fingerprint density at radius 2 is 1.68 bits per heavy atom. The summed E-state index contributed by atoms with van der Waals surface area (Å²) < 4.78 is 5.64. The molecule has 3 heteroatoms. The maximum Gasteiger partial charge on any atom is 0.104 e. The molecule has 0 heterocycles. The smallest absolute Gasteiger partial charge is 0.104 e. The molecule has 0 rings (SSSR count). The van der Waals surface area contributed by atoms with Gasteiger partial charge in [-0.25, -0.2) is 0 Å². The summed E-state index contributed by atoms with van der Waals surface area (Å²) in [4.78, 5) is 0. The first-order valence-electron chi connectivity index (χ1n) is 7.45. The fraction of sp³-hybridized carbons (Fsp3) is 0.938. The predicted octanol–water partition coefficient (Wildman–Crippen LogP) is 3.89. The van der Waals surface area contributed by atoms with Crippen LogP contribution in [0.1, 0.15) is 67.2 Å². The topological polar surface area (TPSA) is 45.0 Å². The Morgan fingerprint density at radius 1 is 1.05 bits per heavy atom. The number of unbranched alkanes of at least 4 members (excludes halogenated alkanes) is 1. The van der Waals surface area contributed by atoms with Crippen molar-refractivity contribution < 1.29 is 4.74 Å². The second-order valence-electron chi connectivity index (χ2n) is 7.12. The van der Waals surface area contributed by atoms with E-state index in [1.54, 1.807) is 0 Å². The Bertz CT molecular complexity index is 275. The summed E-state index contributed by atoms with van der Waals surface area (Å²) in [5.41, 5.74) is -0.0554. The predicted molar refractivity (Wildman–Crippen MR) is 81.0 cm³/mol. The fourth-order valence-corrected chi connectivity index (χ4v) is 1.96. The van der Waals surface area contributed by atoms with E-state index in [-0.39, 0.29) is 0 Å². The SMILES string of the molecule is CC(C)NC(C)(C#N)CCCCOCCC(C)(C)C. The molecule has 0 aromatic carbocycles. The summed E-state index contributed by atoms with van der Waals surface area (Å²) >= 11 is 0. The van der Waals surface area contributed by atoms with Crippen LogP contribution in [0.3, 0.4) is 0 Å². The Labute approximate surface area is 119 Å². The summed E-state index contributed by atoms with van der Waals surface area (Å²) in [6.07, 6.45) is 4.03. The molecule has 19 heavy (non-hydrogen) atoms. The third-order valence-electron chi connectivity index (χ3n) is 3.07. The van der Waals surface area contributed by atoms with Crippen LogP contribution in [0.25, 0.3) is 0 Å². The van der Waals surface area contributed by atoms with Crippen LogP contribution in [0.5, 0.6) is 0 Å². The van der Waals surface area contributed by atoms with Crippen molar-refractivity contribution in [1.82, 2.24) is 5.32 Å². The number of nitriles is 1. The van der Waals surface area contributed by atoms with Gasteiger partial charge in [0.2, 0.25) is 0 Å². The van der Waals surface area contributed by atoms with E-state index in [2.05, 4.69) is 46.0 Å². The molecule has 3 nitrogen and oxygen atoms in total. The van der Waals surface area contributed by atoms with Gasteiger partial charge in [-0.2, -0.15) is 5.26 Å². The fourth-order valence-electron chi connectivity index (χ4n) is 1.96. The number of hydrogen-bond donors (Lipinski definition) is 1. The molecule has 1 atom stereocenters. The van der Waals surface area contributed by atoms with Gasteiger partial charge in [0, 0.05) is 19.3 Å². The summed E-state index contributed by atoms with van der Waals surface area (Å²) in [7, 11) is 0. The van der Waals surface area contributed by atoms with Gasteiger partial charge in [-0.15, -0.1) is 0 Å². The third kappa shape index (κ3) is 11.0.